The van der Waals surface area contributed by atoms with E-state index in [-0.39, 0.29) is 17.7 Å². The van der Waals surface area contributed by atoms with Crippen LogP contribution < -0.4 is 10.6 Å². The summed E-state index contributed by atoms with van der Waals surface area (Å²) in [6, 6.07) is 10.7. The van der Waals surface area contributed by atoms with Gasteiger partial charge in [0.05, 0.1) is 12.5 Å². The Morgan fingerprint density at radius 3 is 2.49 bits per heavy atom. The Labute approximate surface area is 215 Å². The third-order valence-electron chi connectivity index (χ3n) is 7.01. The van der Waals surface area contributed by atoms with Crippen LogP contribution in [0.2, 0.25) is 0 Å². The number of carbonyl (C=O) groups excluding carboxylic acids is 4. The normalized spacial score (nSPS) is 17.5. The lowest BCUT2D eigenvalue weighted by atomic mass is 9.97. The summed E-state index contributed by atoms with van der Waals surface area (Å²) >= 11 is 0. The molecule has 1 heterocycles. The highest BCUT2D eigenvalue weighted by atomic mass is 16.4. The molecule has 1 aliphatic carbocycles. The van der Waals surface area contributed by atoms with Crippen LogP contribution >= 0.6 is 0 Å². The lowest BCUT2D eigenvalue weighted by Gasteiger charge is -2.31. The summed E-state index contributed by atoms with van der Waals surface area (Å²) in [7, 11) is 0. The second-order valence-electron chi connectivity index (χ2n) is 9.91. The zero-order valence-electron chi connectivity index (χ0n) is 20.9. The van der Waals surface area contributed by atoms with Gasteiger partial charge in [0, 0.05) is 12.1 Å². The van der Waals surface area contributed by atoms with E-state index in [0.717, 1.165) is 28.7 Å². The molecule has 37 heavy (non-hydrogen) atoms. The van der Waals surface area contributed by atoms with Crippen LogP contribution in [-0.2, 0) is 25.6 Å². The third-order valence-corrected chi connectivity index (χ3v) is 7.01. The number of carboxylic acids is 1. The summed E-state index contributed by atoms with van der Waals surface area (Å²) in [5.74, 6) is -2.78. The van der Waals surface area contributed by atoms with Crippen molar-refractivity contribution < 1.29 is 29.1 Å². The van der Waals surface area contributed by atoms with Crippen molar-refractivity contribution in [1.82, 2.24) is 15.5 Å². The van der Waals surface area contributed by atoms with E-state index in [9.17, 15) is 24.0 Å². The molecular formula is C28H31N3O6. The maximum absolute atomic E-state index is 13.6. The van der Waals surface area contributed by atoms with E-state index in [2.05, 4.69) is 10.6 Å². The van der Waals surface area contributed by atoms with Gasteiger partial charge in [-0.15, -0.1) is 0 Å². The van der Waals surface area contributed by atoms with Crippen molar-refractivity contribution in [2.24, 2.45) is 5.92 Å². The second kappa shape index (κ2) is 10.9. The molecule has 3 amide bonds. The number of carbonyl (C=O) groups is 5. The SMILES string of the molecule is CC(C)[C@H](NC(=O)c1cccc2c1-c1ccccc1C2)C(=O)N1CCC[C@H]1C(=O)N[C@H](C=O)CC(=O)O. The molecule has 3 atom stereocenters. The van der Waals surface area contributed by atoms with Gasteiger partial charge in [0.2, 0.25) is 11.8 Å². The van der Waals surface area contributed by atoms with Crippen molar-refractivity contribution >= 4 is 30.0 Å². The lowest BCUT2D eigenvalue weighted by molar-refractivity contribution is -0.142. The molecule has 194 valence electrons. The first-order valence-corrected chi connectivity index (χ1v) is 12.5. The molecule has 1 saturated heterocycles. The molecule has 0 bridgehead atoms. The number of nitrogens with one attached hydrogen (secondary N) is 2. The van der Waals surface area contributed by atoms with Crippen molar-refractivity contribution in [3.05, 3.63) is 59.2 Å². The smallest absolute Gasteiger partial charge is 0.305 e. The molecule has 0 radical (unpaired) electrons. The highest BCUT2D eigenvalue weighted by molar-refractivity contribution is 6.05. The quantitative estimate of drug-likeness (QED) is 0.382. The number of carboxylic acid groups (broad SMARTS) is 1. The minimum absolute atomic E-state index is 0.250. The molecular weight excluding hydrogens is 474 g/mol. The molecule has 0 aromatic heterocycles. The first kappa shape index (κ1) is 26.1. The highest BCUT2D eigenvalue weighted by Crippen LogP contribution is 2.38. The minimum atomic E-state index is -1.21. The fourth-order valence-electron chi connectivity index (χ4n) is 5.19. The molecule has 4 rings (SSSR count). The Kier molecular flexibility index (Phi) is 7.71. The molecule has 0 saturated carbocycles. The Balaban J connectivity index is 1.52. The summed E-state index contributed by atoms with van der Waals surface area (Å²) in [4.78, 5) is 63.5. The number of amides is 3. The zero-order chi connectivity index (χ0) is 26.7. The molecule has 9 nitrogen and oxygen atoms in total. The largest absolute Gasteiger partial charge is 0.481 e. The summed E-state index contributed by atoms with van der Waals surface area (Å²) in [6.07, 6.45) is 1.55. The molecule has 2 aliphatic rings. The third kappa shape index (κ3) is 5.40. The van der Waals surface area contributed by atoms with Crippen LogP contribution in [0.5, 0.6) is 0 Å². The van der Waals surface area contributed by atoms with Crippen molar-refractivity contribution in [1.29, 1.82) is 0 Å². The van der Waals surface area contributed by atoms with Gasteiger partial charge in [-0.05, 0) is 53.5 Å². The Hall–Kier alpha value is -4.01. The predicted octanol–water partition coefficient (Wildman–Crippen LogP) is 2.16. The summed E-state index contributed by atoms with van der Waals surface area (Å²) in [5.41, 5.74) is 4.60. The number of nitrogens with zero attached hydrogens (tertiary/aromatic N) is 1. The maximum Gasteiger partial charge on any atom is 0.305 e. The molecule has 2 aromatic rings. The molecule has 1 fully saturated rings. The van der Waals surface area contributed by atoms with Crippen molar-refractivity contribution in [3.63, 3.8) is 0 Å². The van der Waals surface area contributed by atoms with Crippen molar-refractivity contribution in [3.8, 4) is 11.1 Å². The van der Waals surface area contributed by atoms with Crippen molar-refractivity contribution in [2.45, 2.75) is 57.7 Å². The number of benzene rings is 2. The Morgan fingerprint density at radius 1 is 1.05 bits per heavy atom. The van der Waals surface area contributed by atoms with Gasteiger partial charge in [-0.3, -0.25) is 19.2 Å². The topological polar surface area (TPSA) is 133 Å². The van der Waals surface area contributed by atoms with E-state index in [0.29, 0.717) is 31.2 Å². The molecule has 0 spiro atoms. The van der Waals surface area contributed by atoms with Gasteiger partial charge in [-0.25, -0.2) is 0 Å². The molecule has 2 aromatic carbocycles. The lowest BCUT2D eigenvalue weighted by Crippen LogP contribution is -2.56. The van der Waals surface area contributed by atoms with Gasteiger partial charge in [-0.2, -0.15) is 0 Å². The number of hydrogen-bond donors (Lipinski definition) is 3. The van der Waals surface area contributed by atoms with Crippen LogP contribution in [0.3, 0.4) is 0 Å². The average molecular weight is 506 g/mol. The second-order valence-corrected chi connectivity index (χ2v) is 9.91. The van der Waals surface area contributed by atoms with Gasteiger partial charge in [0.25, 0.3) is 5.91 Å². The molecule has 1 aliphatic heterocycles. The molecule has 9 heteroatoms. The number of aliphatic carboxylic acids is 1. The van der Waals surface area contributed by atoms with Crippen LogP contribution in [0.25, 0.3) is 11.1 Å². The summed E-state index contributed by atoms with van der Waals surface area (Å²) in [6.45, 7) is 3.98. The van der Waals surface area contributed by atoms with Gasteiger partial charge in [0.1, 0.15) is 18.4 Å². The molecule has 0 unspecified atom stereocenters. The number of rotatable bonds is 9. The first-order chi connectivity index (χ1) is 17.7. The van der Waals surface area contributed by atoms with Gasteiger partial charge in [-0.1, -0.05) is 50.2 Å². The standard InChI is InChI=1S/C28H31N3O6/c1-16(2)25(28(37)31-12-6-11-22(31)27(36)29-19(15-32)14-23(33)34)30-26(35)21-10-5-8-18-13-17-7-3-4-9-20(17)24(18)21/h3-5,7-10,15-16,19,22,25H,6,11-14H2,1-2H3,(H,29,36)(H,30,35)(H,33,34)/t19-,22-,25-/m0/s1. The van der Waals surface area contributed by atoms with Gasteiger partial charge >= 0.3 is 5.97 Å². The van der Waals surface area contributed by atoms with E-state index in [1.54, 1.807) is 6.07 Å². The maximum atomic E-state index is 13.6. The Morgan fingerprint density at radius 2 is 1.78 bits per heavy atom. The first-order valence-electron chi connectivity index (χ1n) is 12.5. The monoisotopic (exact) mass is 505 g/mol. The van der Waals surface area contributed by atoms with Crippen LogP contribution in [0.15, 0.2) is 42.5 Å². The van der Waals surface area contributed by atoms with Crippen LogP contribution in [0.4, 0.5) is 0 Å². The van der Waals surface area contributed by atoms with Crippen LogP contribution in [0.1, 0.15) is 54.6 Å². The fourth-order valence-corrected chi connectivity index (χ4v) is 5.19. The number of likely N-dealkylation sites (tertiary alicyclic amines) is 1. The van der Waals surface area contributed by atoms with E-state index in [1.807, 2.05) is 50.2 Å². The number of hydrogen-bond acceptors (Lipinski definition) is 5. The summed E-state index contributed by atoms with van der Waals surface area (Å²) < 4.78 is 0. The van der Waals surface area contributed by atoms with Crippen molar-refractivity contribution in [2.75, 3.05) is 6.54 Å². The predicted molar refractivity (Wildman–Crippen MR) is 136 cm³/mol. The minimum Gasteiger partial charge on any atom is -0.481 e. The fraction of sp³-hybridized carbons (Fsp3) is 0.393. The van der Waals surface area contributed by atoms with Gasteiger partial charge in [0.15, 0.2) is 0 Å². The van der Waals surface area contributed by atoms with Crippen LogP contribution in [0, 0.1) is 5.92 Å². The van der Waals surface area contributed by atoms with E-state index < -0.39 is 36.4 Å². The summed E-state index contributed by atoms with van der Waals surface area (Å²) in [5, 5.41) is 14.3. The number of fused-ring (bicyclic) bond motifs is 3. The Bertz CT molecular complexity index is 1240. The van der Waals surface area contributed by atoms with Crippen LogP contribution in [-0.4, -0.2) is 64.7 Å². The zero-order valence-corrected chi connectivity index (χ0v) is 20.9. The van der Waals surface area contributed by atoms with E-state index in [1.165, 1.54) is 4.90 Å². The number of aldehydes is 1. The molecule has 3 N–H and O–H groups in total. The van der Waals surface area contributed by atoms with E-state index >= 15 is 0 Å². The van der Waals surface area contributed by atoms with Gasteiger partial charge < -0.3 is 25.4 Å². The van der Waals surface area contributed by atoms with E-state index in [4.69, 9.17) is 5.11 Å². The highest BCUT2D eigenvalue weighted by Gasteiger charge is 2.39. The average Bonchev–Trinajstić information content (AvgIpc) is 3.50.